The molecular weight excluding hydrogens is 256 g/mol. The second-order valence-electron chi connectivity index (χ2n) is 6.29. The number of carboxylic acid groups (broad SMARTS) is 1. The third-order valence-electron chi connectivity index (χ3n) is 4.30. The van der Waals surface area contributed by atoms with Crippen LogP contribution in [0.15, 0.2) is 0 Å². The molecule has 116 valence electrons. The number of hydrogen-bond acceptors (Lipinski definition) is 3. The van der Waals surface area contributed by atoms with Crippen LogP contribution in [0.3, 0.4) is 0 Å². The molecule has 0 aromatic heterocycles. The van der Waals surface area contributed by atoms with Crippen LogP contribution in [0, 0.1) is 17.8 Å². The molecule has 0 saturated heterocycles. The van der Waals surface area contributed by atoms with Crippen LogP contribution in [0.25, 0.3) is 0 Å². The number of nitrogens with one attached hydrogen (secondary N) is 2. The number of carboxylic acids is 1. The highest BCUT2D eigenvalue weighted by Gasteiger charge is 2.25. The summed E-state index contributed by atoms with van der Waals surface area (Å²) in [5, 5.41) is 15.1. The minimum absolute atomic E-state index is 0.0328. The summed E-state index contributed by atoms with van der Waals surface area (Å²) in [6.07, 6.45) is 3.40. The third-order valence-corrected chi connectivity index (χ3v) is 4.30. The number of hydrogen-bond donors (Lipinski definition) is 3. The van der Waals surface area contributed by atoms with Crippen molar-refractivity contribution in [2.24, 2.45) is 17.8 Å². The van der Waals surface area contributed by atoms with Gasteiger partial charge in [-0.2, -0.15) is 0 Å². The van der Waals surface area contributed by atoms with Gasteiger partial charge in [0.15, 0.2) is 0 Å². The van der Waals surface area contributed by atoms with E-state index in [0.29, 0.717) is 18.4 Å². The van der Waals surface area contributed by atoms with Crippen LogP contribution >= 0.6 is 0 Å². The van der Waals surface area contributed by atoms with Crippen molar-refractivity contribution in [3.63, 3.8) is 0 Å². The van der Waals surface area contributed by atoms with E-state index in [1.807, 2.05) is 6.92 Å². The van der Waals surface area contributed by atoms with Crippen molar-refractivity contribution in [2.45, 2.75) is 52.5 Å². The topological polar surface area (TPSA) is 78.4 Å². The maximum absolute atomic E-state index is 11.7. The minimum atomic E-state index is -0.668. The SMILES string of the molecule is CC(C)C(C)NC(=O)CNCC1CCC(C(=O)O)CC1. The molecule has 1 aliphatic carbocycles. The average Bonchev–Trinajstić information content (AvgIpc) is 2.39. The quantitative estimate of drug-likeness (QED) is 0.664. The van der Waals surface area contributed by atoms with Gasteiger partial charge in [0.2, 0.25) is 5.91 Å². The Bertz CT molecular complexity index is 323. The molecule has 20 heavy (non-hydrogen) atoms. The first kappa shape index (κ1) is 17.0. The number of aliphatic carboxylic acids is 1. The van der Waals surface area contributed by atoms with E-state index in [4.69, 9.17) is 5.11 Å². The lowest BCUT2D eigenvalue weighted by atomic mass is 9.82. The van der Waals surface area contributed by atoms with E-state index in [-0.39, 0.29) is 17.9 Å². The zero-order chi connectivity index (χ0) is 15.1. The summed E-state index contributed by atoms with van der Waals surface area (Å²) < 4.78 is 0. The van der Waals surface area contributed by atoms with E-state index in [2.05, 4.69) is 24.5 Å². The molecule has 1 amide bonds. The lowest BCUT2D eigenvalue weighted by molar-refractivity contribution is -0.143. The van der Waals surface area contributed by atoms with Gasteiger partial charge in [-0.1, -0.05) is 13.8 Å². The van der Waals surface area contributed by atoms with Crippen molar-refractivity contribution in [3.05, 3.63) is 0 Å². The minimum Gasteiger partial charge on any atom is -0.481 e. The summed E-state index contributed by atoms with van der Waals surface area (Å²) in [6, 6.07) is 0.190. The van der Waals surface area contributed by atoms with E-state index < -0.39 is 5.97 Å². The molecule has 3 N–H and O–H groups in total. The van der Waals surface area contributed by atoms with Gasteiger partial charge < -0.3 is 15.7 Å². The molecule has 1 aliphatic rings. The van der Waals surface area contributed by atoms with Gasteiger partial charge in [-0.3, -0.25) is 9.59 Å². The van der Waals surface area contributed by atoms with E-state index in [9.17, 15) is 9.59 Å². The molecule has 5 nitrogen and oxygen atoms in total. The van der Waals surface area contributed by atoms with Gasteiger partial charge in [-0.05, 0) is 51.0 Å². The van der Waals surface area contributed by atoms with Gasteiger partial charge in [-0.25, -0.2) is 0 Å². The van der Waals surface area contributed by atoms with Crippen LogP contribution in [-0.2, 0) is 9.59 Å². The first-order valence-electron chi connectivity index (χ1n) is 7.63. The van der Waals surface area contributed by atoms with Crippen molar-refractivity contribution in [3.8, 4) is 0 Å². The highest BCUT2D eigenvalue weighted by atomic mass is 16.4. The molecule has 0 aliphatic heterocycles. The van der Waals surface area contributed by atoms with Gasteiger partial charge in [0.05, 0.1) is 12.5 Å². The van der Waals surface area contributed by atoms with Crippen LogP contribution in [0.2, 0.25) is 0 Å². The second kappa shape index (κ2) is 8.25. The standard InChI is InChI=1S/C15H28N2O3/c1-10(2)11(3)17-14(18)9-16-8-12-4-6-13(7-5-12)15(19)20/h10-13,16H,4-9H2,1-3H3,(H,17,18)(H,19,20). The lowest BCUT2D eigenvalue weighted by Crippen LogP contribution is -2.42. The molecule has 0 aromatic rings. The third kappa shape index (κ3) is 5.90. The van der Waals surface area contributed by atoms with E-state index in [1.165, 1.54) is 0 Å². The zero-order valence-corrected chi connectivity index (χ0v) is 12.8. The normalized spacial score (nSPS) is 24.4. The molecular formula is C15H28N2O3. The first-order chi connectivity index (χ1) is 9.40. The van der Waals surface area contributed by atoms with Gasteiger partial charge in [-0.15, -0.1) is 0 Å². The van der Waals surface area contributed by atoms with Crippen molar-refractivity contribution in [2.75, 3.05) is 13.1 Å². The van der Waals surface area contributed by atoms with E-state index in [0.717, 1.165) is 32.2 Å². The van der Waals surface area contributed by atoms with Gasteiger partial charge in [0.1, 0.15) is 0 Å². The van der Waals surface area contributed by atoms with Crippen LogP contribution in [0.4, 0.5) is 0 Å². The monoisotopic (exact) mass is 284 g/mol. The summed E-state index contributed by atoms with van der Waals surface area (Å²) in [5.41, 5.74) is 0. The van der Waals surface area contributed by atoms with Crippen molar-refractivity contribution in [1.82, 2.24) is 10.6 Å². The highest BCUT2D eigenvalue weighted by molar-refractivity contribution is 5.78. The maximum Gasteiger partial charge on any atom is 0.306 e. The summed E-state index contributed by atoms with van der Waals surface area (Å²) >= 11 is 0. The van der Waals surface area contributed by atoms with E-state index >= 15 is 0 Å². The fourth-order valence-electron chi connectivity index (χ4n) is 2.47. The Morgan fingerprint density at radius 1 is 1.15 bits per heavy atom. The van der Waals surface area contributed by atoms with Crippen molar-refractivity contribution in [1.29, 1.82) is 0 Å². The highest BCUT2D eigenvalue weighted by Crippen LogP contribution is 2.28. The molecule has 5 heteroatoms. The first-order valence-corrected chi connectivity index (χ1v) is 7.63. The largest absolute Gasteiger partial charge is 0.481 e. The molecule has 0 spiro atoms. The number of carbonyl (C=O) groups is 2. The molecule has 1 rings (SSSR count). The van der Waals surface area contributed by atoms with Crippen LogP contribution < -0.4 is 10.6 Å². The maximum atomic E-state index is 11.7. The van der Waals surface area contributed by atoms with Gasteiger partial charge in [0.25, 0.3) is 0 Å². The molecule has 1 unspecified atom stereocenters. The Balaban J connectivity index is 2.13. The van der Waals surface area contributed by atoms with Gasteiger partial charge in [0, 0.05) is 6.04 Å². The summed E-state index contributed by atoms with van der Waals surface area (Å²) in [5.74, 6) is 0.136. The smallest absolute Gasteiger partial charge is 0.306 e. The molecule has 0 heterocycles. The molecule has 0 radical (unpaired) electrons. The zero-order valence-electron chi connectivity index (χ0n) is 12.8. The number of rotatable bonds is 7. The molecule has 1 atom stereocenters. The molecule has 1 fully saturated rings. The molecule has 0 aromatic carbocycles. The fraction of sp³-hybridized carbons (Fsp3) is 0.867. The Hall–Kier alpha value is -1.10. The van der Waals surface area contributed by atoms with Crippen LogP contribution in [0.5, 0.6) is 0 Å². The summed E-state index contributed by atoms with van der Waals surface area (Å²) in [4.78, 5) is 22.5. The molecule has 0 bridgehead atoms. The van der Waals surface area contributed by atoms with Crippen LogP contribution in [0.1, 0.15) is 46.5 Å². The van der Waals surface area contributed by atoms with E-state index in [1.54, 1.807) is 0 Å². The van der Waals surface area contributed by atoms with Gasteiger partial charge >= 0.3 is 5.97 Å². The number of carbonyl (C=O) groups excluding carboxylic acids is 1. The Labute approximate surface area is 121 Å². The van der Waals surface area contributed by atoms with Crippen LogP contribution in [-0.4, -0.2) is 36.1 Å². The Morgan fingerprint density at radius 2 is 1.75 bits per heavy atom. The fourth-order valence-corrected chi connectivity index (χ4v) is 2.47. The Kier molecular flexibility index (Phi) is 6.99. The van der Waals surface area contributed by atoms with Crippen molar-refractivity contribution >= 4 is 11.9 Å². The molecule has 1 saturated carbocycles. The average molecular weight is 284 g/mol. The summed E-state index contributed by atoms with van der Waals surface area (Å²) in [7, 11) is 0. The summed E-state index contributed by atoms with van der Waals surface area (Å²) in [6.45, 7) is 7.32. The number of amides is 1. The lowest BCUT2D eigenvalue weighted by Gasteiger charge is -2.26. The van der Waals surface area contributed by atoms with Crippen molar-refractivity contribution < 1.29 is 14.7 Å². The predicted octanol–water partition coefficient (Wildman–Crippen LogP) is 1.63. The second-order valence-corrected chi connectivity index (χ2v) is 6.29. The predicted molar refractivity (Wildman–Crippen MR) is 78.4 cm³/mol. The Morgan fingerprint density at radius 3 is 2.25 bits per heavy atom.